The molecule has 0 saturated heterocycles. The zero-order valence-corrected chi connectivity index (χ0v) is 18.2. The Balaban J connectivity index is 1.75. The summed E-state index contributed by atoms with van der Waals surface area (Å²) in [6.45, 7) is 1.23. The number of H-pyrrole nitrogens is 1. The molecule has 5 rings (SSSR count). The molecular weight excluding hydrogens is 502 g/mol. The van der Waals surface area contributed by atoms with Crippen LogP contribution in [0.3, 0.4) is 0 Å². The van der Waals surface area contributed by atoms with Gasteiger partial charge in [-0.1, -0.05) is 0 Å². The van der Waals surface area contributed by atoms with Gasteiger partial charge in [0.15, 0.2) is 0 Å². The van der Waals surface area contributed by atoms with Crippen molar-refractivity contribution in [2.45, 2.75) is 3.92 Å². The number of carbonyl (C=O) groups is 1. The second-order valence-electron chi connectivity index (χ2n) is 6.85. The topological polar surface area (TPSA) is 88.3 Å². The fraction of sp³-hybridized carbons (Fsp3) is 0.238. The van der Waals surface area contributed by atoms with Crippen molar-refractivity contribution in [1.82, 2.24) is 15.3 Å². The van der Waals surface area contributed by atoms with Gasteiger partial charge in [0.05, 0.1) is 0 Å². The Morgan fingerprint density at radius 3 is 3.13 bits per heavy atom. The fourth-order valence-electron chi connectivity index (χ4n) is 3.80. The van der Waals surface area contributed by atoms with E-state index in [9.17, 15) is 9.18 Å². The van der Waals surface area contributed by atoms with Crippen LogP contribution in [-0.2, 0) is 0 Å². The van der Waals surface area contributed by atoms with Crippen LogP contribution in [0.25, 0.3) is 11.3 Å². The first-order chi connectivity index (χ1) is 14.7. The Bertz CT molecular complexity index is 1130. The Morgan fingerprint density at radius 2 is 2.27 bits per heavy atom. The van der Waals surface area contributed by atoms with Gasteiger partial charge in [-0.2, -0.15) is 0 Å². The van der Waals surface area contributed by atoms with Crippen LogP contribution >= 0.6 is 0 Å². The number of nitrogens with one attached hydrogen (secondary N) is 3. The van der Waals surface area contributed by atoms with Gasteiger partial charge in [0, 0.05) is 0 Å². The Hall–Kier alpha value is -2.82. The van der Waals surface area contributed by atoms with Gasteiger partial charge in [-0.3, -0.25) is 0 Å². The second-order valence-corrected chi connectivity index (χ2v) is 10.3. The number of alkyl halides is 2. The zero-order valence-electron chi connectivity index (χ0n) is 16.1. The van der Waals surface area contributed by atoms with Crippen molar-refractivity contribution < 1.29 is 39.9 Å². The molecular formula is C21H19FIN4O3-. The van der Waals surface area contributed by atoms with E-state index in [0.717, 1.165) is 21.4 Å². The van der Waals surface area contributed by atoms with Gasteiger partial charge in [0.2, 0.25) is 0 Å². The molecule has 1 atom stereocenters. The van der Waals surface area contributed by atoms with Gasteiger partial charge in [-0.15, -0.1) is 0 Å². The van der Waals surface area contributed by atoms with E-state index in [1.54, 1.807) is 24.5 Å². The van der Waals surface area contributed by atoms with E-state index in [0.29, 0.717) is 35.8 Å². The molecule has 7 nitrogen and oxygen atoms in total. The summed E-state index contributed by atoms with van der Waals surface area (Å²) < 4.78 is 26.8. The number of halogens is 2. The van der Waals surface area contributed by atoms with E-state index in [1.807, 2.05) is 6.07 Å². The Kier molecular flexibility index (Phi) is 4.97. The molecule has 9 heteroatoms. The van der Waals surface area contributed by atoms with Crippen molar-refractivity contribution in [3.8, 4) is 22.8 Å². The number of methoxy groups -OCH3 is 1. The molecule has 0 aliphatic carbocycles. The molecule has 2 aromatic heterocycles. The summed E-state index contributed by atoms with van der Waals surface area (Å²) in [6.07, 6.45) is 3.37. The van der Waals surface area contributed by atoms with Crippen LogP contribution in [-0.4, -0.2) is 40.6 Å². The summed E-state index contributed by atoms with van der Waals surface area (Å²) in [5, 5.41) is 6.28. The van der Waals surface area contributed by atoms with Gasteiger partial charge in [0.1, 0.15) is 0 Å². The van der Waals surface area contributed by atoms with Crippen LogP contribution in [0.2, 0.25) is 0 Å². The number of pyridine rings is 1. The summed E-state index contributed by atoms with van der Waals surface area (Å²) in [7, 11) is 1.42. The quantitative estimate of drug-likeness (QED) is 0.340. The first kappa shape index (κ1) is 19.2. The molecule has 2 aliphatic rings. The van der Waals surface area contributed by atoms with Crippen LogP contribution in [0.5, 0.6) is 11.5 Å². The number of aromatic amines is 1. The van der Waals surface area contributed by atoms with Gasteiger partial charge in [-0.05, 0) is 0 Å². The average molecular weight is 521 g/mol. The molecule has 2 bridgehead atoms. The molecule has 0 spiro atoms. The molecule has 2 aliphatic heterocycles. The summed E-state index contributed by atoms with van der Waals surface area (Å²) >= 11 is -0.246. The number of para-hydroxylation sites is 1. The fourth-order valence-corrected chi connectivity index (χ4v) is 6.46. The summed E-state index contributed by atoms with van der Waals surface area (Å²) in [4.78, 5) is 20.6. The molecule has 0 radical (unpaired) electrons. The molecule has 1 amide bonds. The van der Waals surface area contributed by atoms with Crippen molar-refractivity contribution >= 4 is 17.3 Å². The molecule has 0 saturated carbocycles. The SMILES string of the molecule is COc1c(F)cccc1Nc1c2[nH]c3c1C(=O)NC[C@H]3[I-]CCOc1cnccc1-2. The second kappa shape index (κ2) is 7.78. The predicted molar refractivity (Wildman–Crippen MR) is 106 cm³/mol. The normalized spacial score (nSPS) is 17.7. The molecule has 3 N–H and O–H groups in total. The van der Waals surface area contributed by atoms with Crippen molar-refractivity contribution in [2.75, 3.05) is 30.0 Å². The summed E-state index contributed by atoms with van der Waals surface area (Å²) in [5.74, 6) is 0.108. The molecule has 156 valence electrons. The minimum absolute atomic E-state index is 0.0918. The minimum atomic E-state index is -0.479. The van der Waals surface area contributed by atoms with Crippen LogP contribution in [0.1, 0.15) is 20.0 Å². The van der Waals surface area contributed by atoms with E-state index in [-0.39, 0.29) is 36.8 Å². The van der Waals surface area contributed by atoms with E-state index >= 15 is 0 Å². The van der Waals surface area contributed by atoms with E-state index in [4.69, 9.17) is 9.47 Å². The number of nitrogens with zero attached hydrogens (tertiary/aromatic N) is 1. The average Bonchev–Trinajstić information content (AvgIpc) is 3.13. The number of ether oxygens (including phenoxy) is 2. The van der Waals surface area contributed by atoms with Crippen LogP contribution in [0.15, 0.2) is 36.7 Å². The number of carbonyl (C=O) groups excluding carboxylic acids is 1. The van der Waals surface area contributed by atoms with Crippen LogP contribution in [0.4, 0.5) is 15.8 Å². The maximum atomic E-state index is 14.3. The molecule has 0 fully saturated rings. The van der Waals surface area contributed by atoms with Crippen molar-refractivity contribution in [1.29, 1.82) is 0 Å². The van der Waals surface area contributed by atoms with Crippen LogP contribution in [0, 0.1) is 5.82 Å². The number of benzene rings is 1. The van der Waals surface area contributed by atoms with Gasteiger partial charge in [0.25, 0.3) is 0 Å². The molecule has 30 heavy (non-hydrogen) atoms. The summed E-state index contributed by atoms with van der Waals surface area (Å²) in [6, 6.07) is 6.51. The first-order valence-electron chi connectivity index (χ1n) is 9.46. The van der Waals surface area contributed by atoms with Crippen molar-refractivity contribution in [3.63, 3.8) is 0 Å². The molecule has 3 aromatic rings. The van der Waals surface area contributed by atoms with E-state index < -0.39 is 5.82 Å². The van der Waals surface area contributed by atoms with Gasteiger partial charge < -0.3 is 0 Å². The third-order valence-corrected chi connectivity index (χ3v) is 8.32. The number of anilines is 2. The number of hydrogen-bond acceptors (Lipinski definition) is 5. The number of rotatable bonds is 3. The molecule has 0 unspecified atom stereocenters. The predicted octanol–water partition coefficient (Wildman–Crippen LogP) is 0.234. The van der Waals surface area contributed by atoms with Crippen molar-refractivity contribution in [2.24, 2.45) is 0 Å². The van der Waals surface area contributed by atoms with E-state index in [1.165, 1.54) is 13.2 Å². The number of fused-ring (bicyclic) bond motifs is 3. The monoisotopic (exact) mass is 521 g/mol. The Labute approximate surface area is 182 Å². The molecule has 1 aromatic carbocycles. The number of amides is 1. The summed E-state index contributed by atoms with van der Waals surface area (Å²) in [5.41, 5.74) is 4.04. The van der Waals surface area contributed by atoms with Crippen molar-refractivity contribution in [3.05, 3.63) is 53.7 Å². The maximum absolute atomic E-state index is 14.3. The zero-order chi connectivity index (χ0) is 20.7. The third kappa shape index (κ3) is 3.17. The standard InChI is InChI=1S/C21H19FIN4O3/c1-29-20-12(22)3-2-4-14(20)26-19-16-18-13(9-25-21(16)28)23-6-8-30-15-10-24-7-5-11(15)17(19)27-18/h2-5,7,10,13,26-27H,6,8-9H2,1H3,(H,25,28)/q-1/t13-/m1/s1. The van der Waals surface area contributed by atoms with Gasteiger partial charge >= 0.3 is 183 Å². The van der Waals surface area contributed by atoms with Gasteiger partial charge in [-0.25, -0.2) is 0 Å². The van der Waals surface area contributed by atoms with E-state index in [2.05, 4.69) is 20.6 Å². The number of aromatic nitrogens is 2. The molecule has 4 heterocycles. The number of hydrogen-bond donors (Lipinski definition) is 3. The first-order valence-corrected chi connectivity index (χ1v) is 12.2. The Morgan fingerprint density at radius 1 is 1.37 bits per heavy atom. The third-order valence-electron chi connectivity index (χ3n) is 5.13. The van der Waals surface area contributed by atoms with Crippen LogP contribution < -0.4 is 41.3 Å².